The van der Waals surface area contributed by atoms with Crippen molar-refractivity contribution in [2.24, 2.45) is 0 Å². The van der Waals surface area contributed by atoms with E-state index < -0.39 is 11.0 Å². The number of non-ortho nitro benzene ring substituents is 1. The molecule has 0 aliphatic heterocycles. The van der Waals surface area contributed by atoms with Crippen molar-refractivity contribution in [3.05, 3.63) is 62.1 Å². The van der Waals surface area contributed by atoms with E-state index in [0.717, 1.165) is 12.1 Å². The number of rotatable bonds is 4. The monoisotopic (exact) mass is 327 g/mol. The van der Waals surface area contributed by atoms with E-state index in [9.17, 15) is 15.2 Å². The number of benzene rings is 2. The standard InChI is InChI=1S/C14H11Cl2NO4/c1-8(18)10-4-2-3-5-13(10)21-14-11(15)6-9(17(19)20)7-12(14)16/h2-8,18H,1H3/t8-/m1/s1. The minimum atomic E-state index is -0.739. The maximum Gasteiger partial charge on any atom is 0.272 e. The molecular formula is C14H11Cl2NO4. The summed E-state index contributed by atoms with van der Waals surface area (Å²) < 4.78 is 5.62. The topological polar surface area (TPSA) is 72.6 Å². The van der Waals surface area contributed by atoms with Crippen LogP contribution in [0.5, 0.6) is 11.5 Å². The van der Waals surface area contributed by atoms with Gasteiger partial charge in [-0.3, -0.25) is 10.1 Å². The highest BCUT2D eigenvalue weighted by Gasteiger charge is 2.18. The predicted octanol–water partition coefficient (Wildman–Crippen LogP) is 4.75. The zero-order valence-corrected chi connectivity index (χ0v) is 12.4. The van der Waals surface area contributed by atoms with Crippen molar-refractivity contribution >= 4 is 28.9 Å². The molecule has 0 aromatic heterocycles. The van der Waals surface area contributed by atoms with Crippen LogP contribution in [-0.2, 0) is 0 Å². The second-order valence-corrected chi connectivity index (χ2v) is 5.13. The molecule has 0 spiro atoms. The van der Waals surface area contributed by atoms with Crippen LogP contribution in [0.25, 0.3) is 0 Å². The van der Waals surface area contributed by atoms with Crippen LogP contribution < -0.4 is 4.74 Å². The van der Waals surface area contributed by atoms with Crippen molar-refractivity contribution in [2.75, 3.05) is 0 Å². The van der Waals surface area contributed by atoms with Crippen molar-refractivity contribution < 1.29 is 14.8 Å². The van der Waals surface area contributed by atoms with Gasteiger partial charge in [-0.05, 0) is 13.0 Å². The molecule has 0 amide bonds. The Kier molecular flexibility index (Phi) is 4.67. The molecule has 2 aromatic carbocycles. The van der Waals surface area contributed by atoms with E-state index in [1.165, 1.54) is 0 Å². The number of hydrogen-bond acceptors (Lipinski definition) is 4. The molecule has 110 valence electrons. The van der Waals surface area contributed by atoms with E-state index in [0.29, 0.717) is 11.3 Å². The normalized spacial score (nSPS) is 12.0. The van der Waals surface area contributed by atoms with Gasteiger partial charge in [0.05, 0.1) is 21.1 Å². The number of para-hydroxylation sites is 1. The second kappa shape index (κ2) is 6.30. The van der Waals surface area contributed by atoms with Crippen molar-refractivity contribution in [3.8, 4) is 11.5 Å². The summed E-state index contributed by atoms with van der Waals surface area (Å²) in [4.78, 5) is 10.1. The number of ether oxygens (including phenoxy) is 1. The lowest BCUT2D eigenvalue weighted by Crippen LogP contribution is -1.97. The molecule has 2 rings (SSSR count). The van der Waals surface area contributed by atoms with Crippen molar-refractivity contribution in [1.29, 1.82) is 0 Å². The molecule has 0 saturated heterocycles. The minimum Gasteiger partial charge on any atom is -0.454 e. The smallest absolute Gasteiger partial charge is 0.272 e. The SMILES string of the molecule is C[C@@H](O)c1ccccc1Oc1c(Cl)cc([N+](=O)[O-])cc1Cl. The fourth-order valence-corrected chi connectivity index (χ4v) is 2.33. The number of halogens is 2. The predicted molar refractivity (Wildman–Crippen MR) is 80.3 cm³/mol. The first-order valence-electron chi connectivity index (χ1n) is 5.98. The van der Waals surface area contributed by atoms with Gasteiger partial charge in [-0.2, -0.15) is 0 Å². The molecular weight excluding hydrogens is 317 g/mol. The maximum atomic E-state index is 10.7. The Hall–Kier alpha value is -1.82. The van der Waals surface area contributed by atoms with Gasteiger partial charge in [-0.15, -0.1) is 0 Å². The van der Waals surface area contributed by atoms with E-state index in [-0.39, 0.29) is 21.5 Å². The van der Waals surface area contributed by atoms with Crippen LogP contribution in [0.4, 0.5) is 5.69 Å². The zero-order chi connectivity index (χ0) is 15.6. The maximum absolute atomic E-state index is 10.7. The Balaban J connectivity index is 2.43. The lowest BCUT2D eigenvalue weighted by molar-refractivity contribution is -0.384. The summed E-state index contributed by atoms with van der Waals surface area (Å²) in [5, 5.41) is 20.5. The molecule has 0 bridgehead atoms. The van der Waals surface area contributed by atoms with Gasteiger partial charge in [0, 0.05) is 17.7 Å². The molecule has 0 heterocycles. The third-order valence-corrected chi connectivity index (χ3v) is 3.34. The molecule has 7 heteroatoms. The summed E-state index contributed by atoms with van der Waals surface area (Å²) in [5.74, 6) is 0.488. The molecule has 0 radical (unpaired) electrons. The summed E-state index contributed by atoms with van der Waals surface area (Å²) in [6, 6.07) is 9.16. The molecule has 2 aromatic rings. The van der Waals surface area contributed by atoms with Crippen molar-refractivity contribution in [1.82, 2.24) is 0 Å². The molecule has 0 fully saturated rings. The fraction of sp³-hybridized carbons (Fsp3) is 0.143. The Morgan fingerprint density at radius 3 is 2.33 bits per heavy atom. The van der Waals surface area contributed by atoms with Crippen LogP contribution in [0.2, 0.25) is 10.0 Å². The van der Waals surface area contributed by atoms with Gasteiger partial charge in [-0.1, -0.05) is 41.4 Å². The molecule has 21 heavy (non-hydrogen) atoms. The first-order chi connectivity index (χ1) is 9.90. The van der Waals surface area contributed by atoms with Crippen LogP contribution in [0.1, 0.15) is 18.6 Å². The third-order valence-electron chi connectivity index (χ3n) is 2.77. The van der Waals surface area contributed by atoms with Crippen molar-refractivity contribution in [2.45, 2.75) is 13.0 Å². The Morgan fingerprint density at radius 2 is 1.81 bits per heavy atom. The fourth-order valence-electron chi connectivity index (χ4n) is 1.78. The Morgan fingerprint density at radius 1 is 1.24 bits per heavy atom. The van der Waals surface area contributed by atoms with Crippen LogP contribution in [0.15, 0.2) is 36.4 Å². The number of aliphatic hydroxyl groups is 1. The van der Waals surface area contributed by atoms with E-state index in [2.05, 4.69) is 0 Å². The number of nitrogens with zero attached hydrogens (tertiary/aromatic N) is 1. The van der Waals surface area contributed by atoms with E-state index in [1.807, 2.05) is 0 Å². The number of aliphatic hydroxyl groups excluding tert-OH is 1. The molecule has 0 aliphatic carbocycles. The quantitative estimate of drug-likeness (QED) is 0.649. The average Bonchev–Trinajstić information content (AvgIpc) is 2.42. The van der Waals surface area contributed by atoms with Gasteiger partial charge in [-0.25, -0.2) is 0 Å². The van der Waals surface area contributed by atoms with Gasteiger partial charge in [0.25, 0.3) is 5.69 Å². The molecule has 0 saturated carbocycles. The lowest BCUT2D eigenvalue weighted by atomic mass is 10.1. The number of nitro groups is 1. The van der Waals surface area contributed by atoms with Gasteiger partial charge in [0.1, 0.15) is 5.75 Å². The second-order valence-electron chi connectivity index (χ2n) is 4.31. The van der Waals surface area contributed by atoms with Crippen molar-refractivity contribution in [3.63, 3.8) is 0 Å². The molecule has 1 atom stereocenters. The summed E-state index contributed by atoms with van der Waals surface area (Å²) in [5.41, 5.74) is 0.337. The molecule has 5 nitrogen and oxygen atoms in total. The Labute approximate surface area is 130 Å². The van der Waals surface area contributed by atoms with E-state index in [1.54, 1.807) is 31.2 Å². The van der Waals surface area contributed by atoms with Crippen LogP contribution in [-0.4, -0.2) is 10.0 Å². The largest absolute Gasteiger partial charge is 0.454 e. The highest BCUT2D eigenvalue weighted by atomic mass is 35.5. The van der Waals surface area contributed by atoms with Gasteiger partial charge in [0.15, 0.2) is 5.75 Å². The minimum absolute atomic E-state index is 0.0228. The summed E-state index contributed by atoms with van der Waals surface area (Å²) >= 11 is 12.0. The third kappa shape index (κ3) is 3.44. The van der Waals surface area contributed by atoms with Crippen LogP contribution in [0, 0.1) is 10.1 Å². The molecule has 1 N–H and O–H groups in total. The van der Waals surface area contributed by atoms with Gasteiger partial charge < -0.3 is 9.84 Å². The Bertz CT molecular complexity index is 665. The van der Waals surface area contributed by atoms with E-state index in [4.69, 9.17) is 27.9 Å². The highest BCUT2D eigenvalue weighted by Crippen LogP contribution is 2.40. The average molecular weight is 328 g/mol. The number of nitro benzene ring substituents is 1. The highest BCUT2D eigenvalue weighted by molar-refractivity contribution is 6.37. The number of hydrogen-bond donors (Lipinski definition) is 1. The zero-order valence-electron chi connectivity index (χ0n) is 10.9. The summed E-state index contributed by atoms with van der Waals surface area (Å²) in [7, 11) is 0. The summed E-state index contributed by atoms with van der Waals surface area (Å²) in [6.45, 7) is 1.60. The first kappa shape index (κ1) is 15.6. The summed E-state index contributed by atoms with van der Waals surface area (Å²) in [6.07, 6.45) is -0.739. The van der Waals surface area contributed by atoms with Crippen LogP contribution >= 0.6 is 23.2 Å². The van der Waals surface area contributed by atoms with E-state index >= 15 is 0 Å². The van der Waals surface area contributed by atoms with Crippen LogP contribution in [0.3, 0.4) is 0 Å². The van der Waals surface area contributed by atoms with Gasteiger partial charge in [0.2, 0.25) is 0 Å². The molecule has 0 unspecified atom stereocenters. The molecule has 0 aliphatic rings. The lowest BCUT2D eigenvalue weighted by Gasteiger charge is -2.14. The van der Waals surface area contributed by atoms with Gasteiger partial charge >= 0.3 is 0 Å². The first-order valence-corrected chi connectivity index (χ1v) is 6.74.